The molecule has 0 radical (unpaired) electrons. The van der Waals surface area contributed by atoms with Gasteiger partial charge in [0.1, 0.15) is 0 Å². The van der Waals surface area contributed by atoms with Gasteiger partial charge in [-0.25, -0.2) is 0 Å². The largest absolute Gasteiger partial charge is 0.493 e. The lowest BCUT2D eigenvalue weighted by Gasteiger charge is -2.24. The number of aromatic amines is 1. The number of fused-ring (bicyclic) bond motifs is 1. The van der Waals surface area contributed by atoms with Gasteiger partial charge in [0.2, 0.25) is 0 Å². The number of rotatable bonds is 6. The molecule has 0 aliphatic rings. The summed E-state index contributed by atoms with van der Waals surface area (Å²) in [7, 11) is 3.08. The van der Waals surface area contributed by atoms with E-state index in [-0.39, 0.29) is 18.0 Å². The number of carbonyl (C=O) groups excluding carboxylic acids is 1. The van der Waals surface area contributed by atoms with E-state index in [4.69, 9.17) is 9.47 Å². The van der Waals surface area contributed by atoms with Crippen molar-refractivity contribution in [2.45, 2.75) is 27.3 Å². The van der Waals surface area contributed by atoms with Crippen LogP contribution in [0.2, 0.25) is 0 Å². The van der Waals surface area contributed by atoms with Crippen LogP contribution in [0.15, 0.2) is 65.5 Å². The van der Waals surface area contributed by atoms with Gasteiger partial charge in [-0.2, -0.15) is 0 Å². The van der Waals surface area contributed by atoms with E-state index in [1.807, 2.05) is 63.2 Å². The Kier molecular flexibility index (Phi) is 6.41. The Morgan fingerprint density at radius 2 is 1.62 bits per heavy atom. The third-order valence-electron chi connectivity index (χ3n) is 6.08. The number of aromatic nitrogens is 1. The van der Waals surface area contributed by atoms with Crippen LogP contribution < -0.4 is 19.9 Å². The van der Waals surface area contributed by atoms with Crippen LogP contribution in [-0.2, 0) is 6.54 Å². The van der Waals surface area contributed by atoms with Gasteiger partial charge in [0.25, 0.3) is 11.5 Å². The van der Waals surface area contributed by atoms with Crippen LogP contribution in [0.1, 0.15) is 32.6 Å². The minimum Gasteiger partial charge on any atom is -0.493 e. The average molecular weight is 457 g/mol. The van der Waals surface area contributed by atoms with E-state index in [2.05, 4.69) is 4.98 Å². The van der Waals surface area contributed by atoms with Gasteiger partial charge in [-0.15, -0.1) is 0 Å². The maximum Gasteiger partial charge on any atom is 0.258 e. The maximum absolute atomic E-state index is 13.8. The molecule has 1 N–H and O–H groups in total. The number of nitrogens with zero attached hydrogens (tertiary/aromatic N) is 1. The first kappa shape index (κ1) is 23.1. The molecule has 174 valence electrons. The Morgan fingerprint density at radius 1 is 0.853 bits per heavy atom. The predicted molar refractivity (Wildman–Crippen MR) is 135 cm³/mol. The lowest BCUT2D eigenvalue weighted by molar-refractivity contribution is 0.0984. The molecule has 4 rings (SSSR count). The normalized spacial score (nSPS) is 10.9. The number of pyridine rings is 1. The monoisotopic (exact) mass is 456 g/mol. The second-order valence-corrected chi connectivity index (χ2v) is 8.44. The lowest BCUT2D eigenvalue weighted by Crippen LogP contribution is -2.33. The van der Waals surface area contributed by atoms with E-state index in [9.17, 15) is 9.59 Å². The molecule has 0 aliphatic heterocycles. The molecule has 0 spiro atoms. The lowest BCUT2D eigenvalue weighted by atomic mass is 10.1. The molecular formula is C28H28N2O4. The van der Waals surface area contributed by atoms with Gasteiger partial charge in [0.15, 0.2) is 11.5 Å². The number of hydrogen-bond donors (Lipinski definition) is 1. The van der Waals surface area contributed by atoms with Crippen molar-refractivity contribution in [1.29, 1.82) is 0 Å². The summed E-state index contributed by atoms with van der Waals surface area (Å²) in [5.74, 6) is 0.762. The van der Waals surface area contributed by atoms with E-state index in [1.54, 1.807) is 30.2 Å². The smallest absolute Gasteiger partial charge is 0.258 e. The Hall–Kier alpha value is -4.06. The first-order chi connectivity index (χ1) is 16.3. The first-order valence-electron chi connectivity index (χ1n) is 11.0. The number of anilines is 1. The van der Waals surface area contributed by atoms with Crippen molar-refractivity contribution < 1.29 is 14.3 Å². The maximum atomic E-state index is 13.8. The highest BCUT2D eigenvalue weighted by Crippen LogP contribution is 2.30. The number of methoxy groups -OCH3 is 2. The van der Waals surface area contributed by atoms with Crippen molar-refractivity contribution in [3.63, 3.8) is 0 Å². The summed E-state index contributed by atoms with van der Waals surface area (Å²) in [5, 5.41) is 0.916. The van der Waals surface area contributed by atoms with E-state index in [1.165, 1.54) is 7.11 Å². The molecule has 6 heteroatoms. The summed E-state index contributed by atoms with van der Waals surface area (Å²) >= 11 is 0. The quantitative estimate of drug-likeness (QED) is 0.426. The number of ether oxygens (including phenoxy) is 2. The van der Waals surface area contributed by atoms with Crippen molar-refractivity contribution in [2.75, 3.05) is 19.1 Å². The summed E-state index contributed by atoms with van der Waals surface area (Å²) in [5.41, 5.74) is 5.46. The molecule has 3 aromatic carbocycles. The SMILES string of the molecule is COc1ccc(C(=O)N(Cc2cc3ccc(C)cc3[nH]c2=O)c2ccc(C)c(C)c2)cc1OC. The summed E-state index contributed by atoms with van der Waals surface area (Å²) < 4.78 is 10.7. The predicted octanol–water partition coefficient (Wildman–Crippen LogP) is 5.32. The van der Waals surface area contributed by atoms with Gasteiger partial charge < -0.3 is 19.4 Å². The number of amides is 1. The molecule has 4 aromatic rings. The second-order valence-electron chi connectivity index (χ2n) is 8.44. The zero-order valence-electron chi connectivity index (χ0n) is 20.1. The first-order valence-corrected chi connectivity index (χ1v) is 11.0. The summed E-state index contributed by atoms with van der Waals surface area (Å²) in [6.45, 7) is 6.13. The van der Waals surface area contributed by atoms with Crippen molar-refractivity contribution in [3.8, 4) is 11.5 Å². The molecule has 0 bridgehead atoms. The fourth-order valence-electron chi connectivity index (χ4n) is 3.95. The second kappa shape index (κ2) is 9.43. The summed E-state index contributed by atoms with van der Waals surface area (Å²) in [6, 6.07) is 18.7. The Morgan fingerprint density at radius 3 is 2.32 bits per heavy atom. The third-order valence-corrected chi connectivity index (χ3v) is 6.08. The van der Waals surface area contributed by atoms with E-state index in [0.29, 0.717) is 28.3 Å². The number of H-pyrrole nitrogens is 1. The highest BCUT2D eigenvalue weighted by Gasteiger charge is 2.22. The summed E-state index contributed by atoms with van der Waals surface area (Å²) in [6.07, 6.45) is 0. The molecule has 0 saturated heterocycles. The third kappa shape index (κ3) is 4.53. The minimum absolute atomic E-state index is 0.120. The van der Waals surface area contributed by atoms with Crippen LogP contribution >= 0.6 is 0 Å². The average Bonchev–Trinajstić information content (AvgIpc) is 2.83. The molecule has 0 fully saturated rings. The number of benzene rings is 3. The number of nitrogens with one attached hydrogen (secondary N) is 1. The molecule has 1 heterocycles. The van der Waals surface area contributed by atoms with Crippen LogP contribution in [0.3, 0.4) is 0 Å². The standard InChI is InChI=1S/C28H28N2O4/c1-17-6-8-20-14-22(27(31)29-24(20)12-17)16-30(23-10-7-18(2)19(3)13-23)28(32)21-9-11-25(33-4)26(15-21)34-5/h6-15H,16H2,1-5H3,(H,29,31). The molecule has 0 aliphatic carbocycles. The molecule has 34 heavy (non-hydrogen) atoms. The highest BCUT2D eigenvalue weighted by molar-refractivity contribution is 6.06. The topological polar surface area (TPSA) is 71.6 Å². The Bertz CT molecular complexity index is 1440. The van der Waals surface area contributed by atoms with Crippen LogP contribution in [0.5, 0.6) is 11.5 Å². The van der Waals surface area contributed by atoms with E-state index < -0.39 is 0 Å². The van der Waals surface area contributed by atoms with Crippen LogP contribution in [0, 0.1) is 20.8 Å². The molecule has 0 saturated carbocycles. The molecule has 1 aromatic heterocycles. The van der Waals surface area contributed by atoms with Crippen molar-refractivity contribution in [1.82, 2.24) is 4.98 Å². The zero-order valence-corrected chi connectivity index (χ0v) is 20.1. The van der Waals surface area contributed by atoms with Crippen LogP contribution in [0.4, 0.5) is 5.69 Å². The van der Waals surface area contributed by atoms with Gasteiger partial charge in [-0.1, -0.05) is 18.2 Å². The van der Waals surface area contributed by atoms with Gasteiger partial charge in [0, 0.05) is 22.3 Å². The van der Waals surface area contributed by atoms with Crippen LogP contribution in [0.25, 0.3) is 10.9 Å². The van der Waals surface area contributed by atoms with Crippen molar-refractivity contribution in [2.24, 2.45) is 0 Å². The van der Waals surface area contributed by atoms with Crippen molar-refractivity contribution >= 4 is 22.5 Å². The zero-order chi connectivity index (χ0) is 24.4. The number of hydrogen-bond acceptors (Lipinski definition) is 4. The number of aryl methyl sites for hydroxylation is 3. The van der Waals surface area contributed by atoms with Gasteiger partial charge in [-0.05, 0) is 85.3 Å². The van der Waals surface area contributed by atoms with E-state index >= 15 is 0 Å². The molecule has 0 atom stereocenters. The van der Waals surface area contributed by atoms with Crippen LogP contribution in [-0.4, -0.2) is 25.1 Å². The van der Waals surface area contributed by atoms with Gasteiger partial charge >= 0.3 is 0 Å². The fourth-order valence-corrected chi connectivity index (χ4v) is 3.95. The van der Waals surface area contributed by atoms with Crippen molar-refractivity contribution in [3.05, 3.63) is 98.8 Å². The highest BCUT2D eigenvalue weighted by atomic mass is 16.5. The van der Waals surface area contributed by atoms with E-state index in [0.717, 1.165) is 27.6 Å². The fraction of sp³-hybridized carbons (Fsp3) is 0.214. The van der Waals surface area contributed by atoms with Gasteiger partial charge in [0.05, 0.1) is 20.8 Å². The van der Waals surface area contributed by atoms with Gasteiger partial charge in [-0.3, -0.25) is 9.59 Å². The number of carbonyl (C=O) groups is 1. The Labute approximate surface area is 198 Å². The summed E-state index contributed by atoms with van der Waals surface area (Å²) in [4.78, 5) is 31.3. The molecule has 0 unspecified atom stereocenters. The minimum atomic E-state index is -0.243. The Balaban J connectivity index is 1.80. The molecular weight excluding hydrogens is 428 g/mol. The molecule has 6 nitrogen and oxygen atoms in total. The molecule has 1 amide bonds.